The molecule has 0 radical (unpaired) electrons. The molecule has 6 heteroatoms. The van der Waals surface area contributed by atoms with Gasteiger partial charge in [-0.15, -0.1) is 0 Å². The second kappa shape index (κ2) is 9.80. The van der Waals surface area contributed by atoms with Gasteiger partial charge in [-0.25, -0.2) is 4.79 Å². The molecule has 1 unspecified atom stereocenters. The standard InChI is InChI=1S/C26H33NO5/c1-16-24-20(27-25(16)26(29)32-19-9-7-5-4-6-8-10-19)13-18(14-21(24)28)17-11-12-22(30-2)23(15-17)31-3/h11-12,15,18-19,27H,4-10,13-14H2,1-3H3. The van der Waals surface area contributed by atoms with E-state index in [1.54, 1.807) is 14.2 Å². The number of carbonyl (C=O) groups excluding carboxylic acids is 2. The Morgan fingerprint density at radius 3 is 2.34 bits per heavy atom. The lowest BCUT2D eigenvalue weighted by Gasteiger charge is -2.23. The monoisotopic (exact) mass is 439 g/mol. The van der Waals surface area contributed by atoms with Crippen LogP contribution in [0.25, 0.3) is 0 Å². The van der Waals surface area contributed by atoms with Gasteiger partial charge in [0.1, 0.15) is 11.8 Å². The Kier molecular flexibility index (Phi) is 6.87. The maximum atomic E-state index is 13.0. The van der Waals surface area contributed by atoms with Crippen LogP contribution in [0.5, 0.6) is 11.5 Å². The summed E-state index contributed by atoms with van der Waals surface area (Å²) in [4.78, 5) is 29.3. The molecule has 1 fully saturated rings. The maximum absolute atomic E-state index is 13.0. The van der Waals surface area contributed by atoms with Crippen molar-refractivity contribution in [3.8, 4) is 11.5 Å². The summed E-state index contributed by atoms with van der Waals surface area (Å²) in [6.45, 7) is 1.85. The number of ketones is 1. The summed E-state index contributed by atoms with van der Waals surface area (Å²) >= 11 is 0. The van der Waals surface area contributed by atoms with Crippen molar-refractivity contribution in [3.05, 3.63) is 46.3 Å². The number of hydrogen-bond acceptors (Lipinski definition) is 5. The predicted molar refractivity (Wildman–Crippen MR) is 122 cm³/mol. The molecule has 0 amide bonds. The van der Waals surface area contributed by atoms with Gasteiger partial charge in [0.2, 0.25) is 0 Å². The van der Waals surface area contributed by atoms with Crippen LogP contribution in [0.3, 0.4) is 0 Å². The quantitative estimate of drug-likeness (QED) is 0.621. The van der Waals surface area contributed by atoms with Gasteiger partial charge in [0, 0.05) is 17.7 Å². The minimum absolute atomic E-state index is 0.0160. The second-order valence-electron chi connectivity index (χ2n) is 8.99. The van der Waals surface area contributed by atoms with Crippen molar-refractivity contribution in [1.82, 2.24) is 4.98 Å². The Morgan fingerprint density at radius 1 is 0.969 bits per heavy atom. The first kappa shape index (κ1) is 22.4. The molecule has 0 bridgehead atoms. The molecule has 1 N–H and O–H groups in total. The third-order valence-electron chi connectivity index (χ3n) is 6.90. The topological polar surface area (TPSA) is 77.6 Å². The number of H-pyrrole nitrogens is 1. The minimum atomic E-state index is -0.335. The van der Waals surface area contributed by atoms with Crippen molar-refractivity contribution < 1.29 is 23.8 Å². The zero-order valence-corrected chi connectivity index (χ0v) is 19.3. The number of rotatable bonds is 5. The third kappa shape index (κ3) is 4.54. The van der Waals surface area contributed by atoms with Gasteiger partial charge < -0.3 is 19.2 Å². The van der Waals surface area contributed by atoms with E-state index in [2.05, 4.69) is 4.98 Å². The van der Waals surface area contributed by atoms with E-state index in [1.807, 2.05) is 25.1 Å². The summed E-state index contributed by atoms with van der Waals surface area (Å²) < 4.78 is 16.6. The molecule has 1 aromatic carbocycles. The molecule has 2 aromatic rings. The first-order valence-corrected chi connectivity index (χ1v) is 11.7. The summed E-state index contributed by atoms with van der Waals surface area (Å²) in [7, 11) is 3.21. The van der Waals surface area contributed by atoms with E-state index in [1.165, 1.54) is 19.3 Å². The highest BCUT2D eigenvalue weighted by Gasteiger charge is 2.33. The van der Waals surface area contributed by atoms with E-state index >= 15 is 0 Å². The summed E-state index contributed by atoms with van der Waals surface area (Å²) in [5.41, 5.74) is 3.65. The Balaban J connectivity index is 1.54. The summed E-state index contributed by atoms with van der Waals surface area (Å²) in [6.07, 6.45) is 8.76. The van der Waals surface area contributed by atoms with Crippen molar-refractivity contribution in [2.24, 2.45) is 0 Å². The fourth-order valence-corrected chi connectivity index (χ4v) is 5.13. The van der Waals surface area contributed by atoms with Crippen LogP contribution in [0.1, 0.15) is 95.0 Å². The summed E-state index contributed by atoms with van der Waals surface area (Å²) in [5.74, 6) is 1.05. The Labute approximate surface area is 189 Å². The Hall–Kier alpha value is -2.76. The molecule has 1 heterocycles. The number of ether oxygens (including phenoxy) is 3. The number of Topliss-reactive ketones (excluding diaryl/α,β-unsaturated/α-hetero) is 1. The van der Waals surface area contributed by atoms with Crippen molar-refractivity contribution in [2.75, 3.05) is 14.2 Å². The molecule has 32 heavy (non-hydrogen) atoms. The molecule has 0 spiro atoms. The fraction of sp³-hybridized carbons (Fsp3) is 0.538. The van der Waals surface area contributed by atoms with Crippen LogP contribution in [0.2, 0.25) is 0 Å². The lowest BCUT2D eigenvalue weighted by molar-refractivity contribution is 0.0232. The van der Waals surface area contributed by atoms with Gasteiger partial charge in [0.05, 0.1) is 14.2 Å². The molecule has 172 valence electrons. The van der Waals surface area contributed by atoms with Gasteiger partial charge in [-0.05, 0) is 68.2 Å². The molecule has 1 saturated carbocycles. The summed E-state index contributed by atoms with van der Waals surface area (Å²) in [5, 5.41) is 0. The first-order chi connectivity index (χ1) is 15.5. The normalized spacial score (nSPS) is 19.6. The van der Waals surface area contributed by atoms with Crippen LogP contribution in [-0.4, -0.2) is 37.1 Å². The molecule has 1 aromatic heterocycles. The largest absolute Gasteiger partial charge is 0.493 e. The van der Waals surface area contributed by atoms with Crippen LogP contribution >= 0.6 is 0 Å². The van der Waals surface area contributed by atoms with Crippen molar-refractivity contribution in [2.45, 2.75) is 76.7 Å². The van der Waals surface area contributed by atoms with Gasteiger partial charge >= 0.3 is 5.97 Å². The smallest absolute Gasteiger partial charge is 0.355 e. The number of aromatic nitrogens is 1. The molecule has 4 rings (SSSR count). The average Bonchev–Trinajstić information content (AvgIpc) is 3.11. The number of esters is 1. The third-order valence-corrected chi connectivity index (χ3v) is 6.90. The highest BCUT2D eigenvalue weighted by atomic mass is 16.5. The molecular weight excluding hydrogens is 406 g/mol. The Bertz CT molecular complexity index is 984. The van der Waals surface area contributed by atoms with Crippen LogP contribution in [0.15, 0.2) is 18.2 Å². The van der Waals surface area contributed by atoms with Gasteiger partial charge in [-0.2, -0.15) is 0 Å². The highest BCUT2D eigenvalue weighted by molar-refractivity contribution is 6.03. The lowest BCUT2D eigenvalue weighted by atomic mass is 9.81. The molecule has 6 nitrogen and oxygen atoms in total. The number of carbonyl (C=O) groups is 2. The number of hydrogen-bond donors (Lipinski definition) is 1. The van der Waals surface area contributed by atoms with E-state index in [-0.39, 0.29) is 23.8 Å². The number of fused-ring (bicyclic) bond motifs is 1. The molecular formula is C26H33NO5. The number of nitrogens with one attached hydrogen (secondary N) is 1. The van der Waals surface area contributed by atoms with Crippen molar-refractivity contribution in [3.63, 3.8) is 0 Å². The van der Waals surface area contributed by atoms with Gasteiger partial charge in [0.15, 0.2) is 17.3 Å². The van der Waals surface area contributed by atoms with Crippen LogP contribution in [0.4, 0.5) is 0 Å². The first-order valence-electron chi connectivity index (χ1n) is 11.7. The van der Waals surface area contributed by atoms with E-state index < -0.39 is 0 Å². The zero-order valence-electron chi connectivity index (χ0n) is 19.3. The molecule has 0 aliphatic heterocycles. The van der Waals surface area contributed by atoms with Crippen LogP contribution in [0, 0.1) is 6.92 Å². The van der Waals surface area contributed by atoms with E-state index in [9.17, 15) is 9.59 Å². The van der Waals surface area contributed by atoms with E-state index in [4.69, 9.17) is 14.2 Å². The molecule has 2 aliphatic rings. The minimum Gasteiger partial charge on any atom is -0.493 e. The lowest BCUT2D eigenvalue weighted by Crippen LogP contribution is -2.20. The predicted octanol–water partition coefficient (Wildman–Crippen LogP) is 5.52. The Morgan fingerprint density at radius 2 is 1.66 bits per heavy atom. The molecule has 1 atom stereocenters. The summed E-state index contributed by atoms with van der Waals surface area (Å²) in [6, 6.07) is 5.77. The number of benzene rings is 1. The van der Waals surface area contributed by atoms with Gasteiger partial charge in [0.25, 0.3) is 0 Å². The second-order valence-corrected chi connectivity index (χ2v) is 8.99. The van der Waals surface area contributed by atoms with Crippen LogP contribution in [-0.2, 0) is 11.2 Å². The number of methoxy groups -OCH3 is 2. The highest BCUT2D eigenvalue weighted by Crippen LogP contribution is 2.38. The van der Waals surface area contributed by atoms with Crippen molar-refractivity contribution in [1.29, 1.82) is 0 Å². The number of aromatic amines is 1. The fourth-order valence-electron chi connectivity index (χ4n) is 5.13. The molecule has 2 aliphatic carbocycles. The zero-order chi connectivity index (χ0) is 22.7. The van der Waals surface area contributed by atoms with Gasteiger partial charge in [-0.1, -0.05) is 25.3 Å². The SMILES string of the molecule is COc1ccc(C2CC(=O)c3c([nH]c(C(=O)OC4CCCCCCC4)c3C)C2)cc1OC. The maximum Gasteiger partial charge on any atom is 0.355 e. The molecule has 0 saturated heterocycles. The van der Waals surface area contributed by atoms with E-state index in [0.717, 1.165) is 36.9 Å². The average molecular weight is 440 g/mol. The van der Waals surface area contributed by atoms with Crippen molar-refractivity contribution >= 4 is 11.8 Å². The van der Waals surface area contributed by atoms with E-state index in [0.29, 0.717) is 41.2 Å². The van der Waals surface area contributed by atoms with Gasteiger partial charge in [-0.3, -0.25) is 4.79 Å². The van der Waals surface area contributed by atoms with Crippen LogP contribution < -0.4 is 9.47 Å².